The molecule has 3 aromatic carbocycles. The van der Waals surface area contributed by atoms with Gasteiger partial charge in [-0.25, -0.2) is 9.59 Å². The maximum atomic E-state index is 14.2. The van der Waals surface area contributed by atoms with Gasteiger partial charge in [-0.15, -0.1) is 0 Å². The topological polar surface area (TPSA) is 132 Å². The van der Waals surface area contributed by atoms with Crippen molar-refractivity contribution in [1.29, 1.82) is 0 Å². The van der Waals surface area contributed by atoms with E-state index in [2.05, 4.69) is 10.6 Å². The maximum Gasteiger partial charge on any atom is 0.491 e. The second-order valence-electron chi connectivity index (χ2n) is 10.4. The number of hydrogen-bond acceptors (Lipinski definition) is 9. The largest absolute Gasteiger partial charge is 0.496 e. The maximum absolute atomic E-state index is 14.2. The molecule has 1 aliphatic rings. The van der Waals surface area contributed by atoms with Crippen molar-refractivity contribution < 1.29 is 51.3 Å². The number of esters is 2. The minimum Gasteiger partial charge on any atom is -0.496 e. The molecule has 0 aromatic heterocycles. The van der Waals surface area contributed by atoms with Crippen LogP contribution < -0.4 is 29.7 Å². The molecular formula is C31H32F3N3O8. The Balaban J connectivity index is 1.92. The van der Waals surface area contributed by atoms with Crippen LogP contribution in [0.2, 0.25) is 0 Å². The van der Waals surface area contributed by atoms with Crippen LogP contribution in [-0.2, 0) is 25.7 Å². The van der Waals surface area contributed by atoms with Crippen molar-refractivity contribution >= 4 is 40.2 Å². The lowest BCUT2D eigenvalue weighted by molar-refractivity contribution is -0.189. The minimum atomic E-state index is -5.36. The van der Waals surface area contributed by atoms with Crippen LogP contribution in [0.3, 0.4) is 0 Å². The predicted octanol–water partition coefficient (Wildman–Crippen LogP) is 3.82. The molecule has 45 heavy (non-hydrogen) atoms. The van der Waals surface area contributed by atoms with Crippen LogP contribution in [0, 0.1) is 6.92 Å². The summed E-state index contributed by atoms with van der Waals surface area (Å²) in [5, 5.41) is 5.74. The minimum absolute atomic E-state index is 0.0463. The Kier molecular flexibility index (Phi) is 9.56. The molecule has 0 radical (unpaired) electrons. The van der Waals surface area contributed by atoms with Gasteiger partial charge in [0.15, 0.2) is 5.75 Å². The lowest BCUT2D eigenvalue weighted by Gasteiger charge is -2.28. The Hall–Kier alpha value is -4.85. The molecule has 0 unspecified atom stereocenters. The summed E-state index contributed by atoms with van der Waals surface area (Å²) in [5.74, 6) is -4.62. The van der Waals surface area contributed by atoms with Gasteiger partial charge < -0.3 is 34.5 Å². The molecule has 0 bridgehead atoms. The Labute approximate surface area is 256 Å². The molecule has 240 valence electrons. The van der Waals surface area contributed by atoms with Crippen molar-refractivity contribution in [1.82, 2.24) is 10.6 Å². The van der Waals surface area contributed by atoms with E-state index in [0.29, 0.717) is 17.0 Å². The number of carbonyl (C=O) groups is 4. The molecule has 14 heteroatoms. The number of aryl methyl sites for hydroxylation is 1. The summed E-state index contributed by atoms with van der Waals surface area (Å²) in [5.41, 5.74) is 1.09. The van der Waals surface area contributed by atoms with Crippen molar-refractivity contribution in [2.45, 2.75) is 51.7 Å². The first-order valence-electron chi connectivity index (χ1n) is 13.8. The van der Waals surface area contributed by atoms with Gasteiger partial charge in [0.2, 0.25) is 5.91 Å². The number of methoxy groups -OCH3 is 2. The molecular weight excluding hydrogens is 599 g/mol. The summed E-state index contributed by atoms with van der Waals surface area (Å²) in [6, 6.07) is 8.77. The van der Waals surface area contributed by atoms with E-state index in [1.54, 1.807) is 39.1 Å². The molecule has 3 atom stereocenters. The molecule has 1 heterocycles. The summed E-state index contributed by atoms with van der Waals surface area (Å²) < 4.78 is 60.9. The Morgan fingerprint density at radius 3 is 2.38 bits per heavy atom. The van der Waals surface area contributed by atoms with E-state index in [1.807, 2.05) is 6.92 Å². The highest BCUT2D eigenvalue weighted by molar-refractivity contribution is 6.06. The first kappa shape index (κ1) is 33.1. The number of fused-ring (bicyclic) bond motifs is 2. The highest BCUT2D eigenvalue weighted by Gasteiger charge is 2.43. The van der Waals surface area contributed by atoms with Crippen molar-refractivity contribution in [3.8, 4) is 17.2 Å². The van der Waals surface area contributed by atoms with Crippen molar-refractivity contribution in [2.75, 3.05) is 26.2 Å². The summed E-state index contributed by atoms with van der Waals surface area (Å²) in [7, 11) is 4.00. The zero-order valence-electron chi connectivity index (χ0n) is 25.3. The summed E-state index contributed by atoms with van der Waals surface area (Å²) in [6.45, 7) is 4.90. The number of rotatable bonds is 8. The third-order valence-electron chi connectivity index (χ3n) is 7.43. The second-order valence-corrected chi connectivity index (χ2v) is 10.4. The fourth-order valence-electron chi connectivity index (χ4n) is 4.91. The van der Waals surface area contributed by atoms with Crippen LogP contribution >= 0.6 is 0 Å². The fraction of sp³-hybridized carbons (Fsp3) is 0.355. The van der Waals surface area contributed by atoms with Gasteiger partial charge in [0, 0.05) is 10.9 Å². The Bertz CT molecular complexity index is 1660. The monoisotopic (exact) mass is 631 g/mol. The standard InChI is InChI=1S/C31H32F3N3O8/c1-15-7-11-22-24(13-15)44-17(3)25(36-27(38)16(2)35-4)28(39)37(22)14-21-18-8-9-20(29(40)43-6)26(45-30(41)31(32,33)34)19(18)10-12-23(21)42-5/h7-13,16-17,25,35H,14H2,1-6H3,(H,36,38)/t16-,17-,25-/m0/s1. The van der Waals surface area contributed by atoms with Crippen LogP contribution in [-0.4, -0.2) is 69.4 Å². The SMILES string of the molecule is CN[C@@H](C)C(=O)N[C@@H]1C(=O)N(Cc2c(OC)ccc3c(OC(=O)C(F)(F)F)c(C(=O)OC)ccc23)c2ccc(C)cc2O[C@H]1C. The molecule has 0 saturated carbocycles. The first-order valence-corrected chi connectivity index (χ1v) is 13.8. The number of anilines is 1. The molecule has 0 fully saturated rings. The average Bonchev–Trinajstić information content (AvgIpc) is 3.09. The van der Waals surface area contributed by atoms with E-state index >= 15 is 0 Å². The van der Waals surface area contributed by atoms with Gasteiger partial charge in [-0.3, -0.25) is 9.59 Å². The van der Waals surface area contributed by atoms with Gasteiger partial charge in [0.05, 0.1) is 32.5 Å². The zero-order valence-corrected chi connectivity index (χ0v) is 25.3. The number of benzene rings is 3. The summed E-state index contributed by atoms with van der Waals surface area (Å²) >= 11 is 0. The smallest absolute Gasteiger partial charge is 0.491 e. The quantitative estimate of drug-likeness (QED) is 0.281. The van der Waals surface area contributed by atoms with Crippen LogP contribution in [0.5, 0.6) is 17.2 Å². The van der Waals surface area contributed by atoms with Crippen LogP contribution in [0.4, 0.5) is 18.9 Å². The lowest BCUT2D eigenvalue weighted by atomic mass is 9.98. The lowest BCUT2D eigenvalue weighted by Crippen LogP contribution is -2.56. The van der Waals surface area contributed by atoms with Gasteiger partial charge in [-0.1, -0.05) is 12.1 Å². The number of likely N-dealkylation sites (N-methyl/N-ethyl adjacent to an activating group) is 1. The van der Waals surface area contributed by atoms with E-state index < -0.39 is 59.4 Å². The second kappa shape index (κ2) is 13.0. The third kappa shape index (κ3) is 6.65. The van der Waals surface area contributed by atoms with Crippen molar-refractivity contribution in [3.63, 3.8) is 0 Å². The molecule has 0 saturated heterocycles. The number of amides is 2. The van der Waals surface area contributed by atoms with Gasteiger partial charge >= 0.3 is 18.1 Å². The molecule has 3 aromatic rings. The average molecular weight is 632 g/mol. The molecule has 11 nitrogen and oxygen atoms in total. The first-order chi connectivity index (χ1) is 21.2. The highest BCUT2D eigenvalue weighted by Crippen LogP contribution is 2.41. The summed E-state index contributed by atoms with van der Waals surface area (Å²) in [6.07, 6.45) is -6.15. The number of ether oxygens (including phenoxy) is 4. The zero-order chi connectivity index (χ0) is 33.2. The fourth-order valence-corrected chi connectivity index (χ4v) is 4.91. The van der Waals surface area contributed by atoms with Gasteiger partial charge in [0.25, 0.3) is 5.91 Å². The van der Waals surface area contributed by atoms with Crippen molar-refractivity contribution in [2.24, 2.45) is 0 Å². The van der Waals surface area contributed by atoms with E-state index in [0.717, 1.165) is 18.7 Å². The molecule has 0 spiro atoms. The van der Waals surface area contributed by atoms with Gasteiger partial charge in [0.1, 0.15) is 29.2 Å². The number of halogens is 3. The van der Waals surface area contributed by atoms with E-state index in [1.165, 1.54) is 30.2 Å². The molecule has 4 rings (SSSR count). The number of nitrogens with zero attached hydrogens (tertiary/aromatic N) is 1. The number of carbonyl (C=O) groups excluding carboxylic acids is 4. The molecule has 1 aliphatic heterocycles. The van der Waals surface area contributed by atoms with E-state index in [4.69, 9.17) is 18.9 Å². The van der Waals surface area contributed by atoms with Crippen LogP contribution in [0.15, 0.2) is 42.5 Å². The Morgan fingerprint density at radius 2 is 1.76 bits per heavy atom. The van der Waals surface area contributed by atoms with Crippen LogP contribution in [0.1, 0.15) is 35.3 Å². The van der Waals surface area contributed by atoms with Gasteiger partial charge in [-0.2, -0.15) is 13.2 Å². The van der Waals surface area contributed by atoms with Crippen molar-refractivity contribution in [3.05, 3.63) is 59.2 Å². The molecule has 2 N–H and O–H groups in total. The molecule has 2 amide bonds. The molecule has 0 aliphatic carbocycles. The third-order valence-corrected chi connectivity index (χ3v) is 7.43. The van der Waals surface area contributed by atoms with Gasteiger partial charge in [-0.05, 0) is 69.1 Å². The normalized spacial score (nSPS) is 17.1. The number of hydrogen-bond donors (Lipinski definition) is 2. The number of alkyl halides is 3. The van der Waals surface area contributed by atoms with Crippen LogP contribution in [0.25, 0.3) is 10.8 Å². The summed E-state index contributed by atoms with van der Waals surface area (Å²) in [4.78, 5) is 52.8. The van der Waals surface area contributed by atoms with E-state index in [-0.39, 0.29) is 23.1 Å². The van der Waals surface area contributed by atoms with E-state index in [9.17, 15) is 32.3 Å². The highest BCUT2D eigenvalue weighted by atomic mass is 19.4. The number of nitrogens with one attached hydrogen (secondary N) is 2. The Morgan fingerprint density at radius 1 is 1.07 bits per heavy atom. The predicted molar refractivity (Wildman–Crippen MR) is 156 cm³/mol.